The van der Waals surface area contributed by atoms with Crippen LogP contribution in [0.5, 0.6) is 5.75 Å². The zero-order chi connectivity index (χ0) is 19.1. The van der Waals surface area contributed by atoms with Crippen molar-refractivity contribution in [3.05, 3.63) is 60.2 Å². The van der Waals surface area contributed by atoms with Gasteiger partial charge in [0.25, 0.3) is 0 Å². The van der Waals surface area contributed by atoms with Crippen molar-refractivity contribution < 1.29 is 14.3 Å². The first-order chi connectivity index (χ1) is 13.2. The minimum atomic E-state index is -0.239. The van der Waals surface area contributed by atoms with Crippen LogP contribution >= 0.6 is 0 Å². The summed E-state index contributed by atoms with van der Waals surface area (Å²) in [5, 5.41) is 5.74. The molecule has 0 spiro atoms. The lowest BCUT2D eigenvalue weighted by Crippen LogP contribution is -2.43. The van der Waals surface area contributed by atoms with Crippen LogP contribution in [0.25, 0.3) is 0 Å². The molecule has 1 aliphatic rings. The second-order valence-corrected chi connectivity index (χ2v) is 6.47. The molecule has 27 heavy (non-hydrogen) atoms. The molecule has 2 aromatic rings. The number of benzene rings is 2. The average molecular weight is 367 g/mol. The van der Waals surface area contributed by atoms with E-state index < -0.39 is 0 Å². The Morgan fingerprint density at radius 1 is 1.15 bits per heavy atom. The Morgan fingerprint density at radius 2 is 1.89 bits per heavy atom. The van der Waals surface area contributed by atoms with Crippen LogP contribution in [0.15, 0.2) is 54.6 Å². The maximum absolute atomic E-state index is 12.3. The first-order valence-corrected chi connectivity index (χ1v) is 9.27. The molecule has 6 heteroatoms. The minimum absolute atomic E-state index is 0.00810. The topological polar surface area (TPSA) is 70.7 Å². The van der Waals surface area contributed by atoms with Crippen LogP contribution < -0.4 is 20.3 Å². The zero-order valence-electron chi connectivity index (χ0n) is 15.5. The molecule has 0 aromatic heterocycles. The Hall–Kier alpha value is -3.02. The molecule has 0 saturated carbocycles. The van der Waals surface area contributed by atoms with Crippen molar-refractivity contribution in [1.29, 1.82) is 0 Å². The van der Waals surface area contributed by atoms with Gasteiger partial charge in [-0.05, 0) is 43.2 Å². The Labute approximate surface area is 159 Å². The van der Waals surface area contributed by atoms with Gasteiger partial charge in [-0.2, -0.15) is 0 Å². The van der Waals surface area contributed by atoms with E-state index >= 15 is 0 Å². The third-order valence-electron chi connectivity index (χ3n) is 4.46. The lowest BCUT2D eigenvalue weighted by atomic mass is 10.1. The van der Waals surface area contributed by atoms with E-state index in [0.29, 0.717) is 26.1 Å². The third-order valence-corrected chi connectivity index (χ3v) is 4.46. The number of hydrogen-bond acceptors (Lipinski definition) is 3. The lowest BCUT2D eigenvalue weighted by molar-refractivity contribution is -0.117. The number of nitrogens with zero attached hydrogens (tertiary/aromatic N) is 1. The molecule has 0 unspecified atom stereocenters. The quantitative estimate of drug-likeness (QED) is 0.790. The molecule has 1 heterocycles. The van der Waals surface area contributed by atoms with E-state index in [0.717, 1.165) is 17.9 Å². The van der Waals surface area contributed by atoms with Gasteiger partial charge < -0.3 is 20.3 Å². The van der Waals surface area contributed by atoms with Gasteiger partial charge in [-0.3, -0.25) is 4.79 Å². The second kappa shape index (κ2) is 9.07. The first-order valence-electron chi connectivity index (χ1n) is 9.27. The van der Waals surface area contributed by atoms with Crippen molar-refractivity contribution >= 4 is 17.6 Å². The highest BCUT2D eigenvalue weighted by Crippen LogP contribution is 2.24. The standard InChI is InChI=1S/C21H25N3O3/c1-2-27-19-10-8-18(9-11-19)24-15-17(14-20(24)25)23-21(26)22-13-12-16-6-4-3-5-7-16/h3-11,17H,2,12-15H2,1H3,(H2,22,23,26)/t17-/m0/s1. The Balaban J connectivity index is 1.46. The summed E-state index contributed by atoms with van der Waals surface area (Å²) in [6, 6.07) is 17.0. The van der Waals surface area contributed by atoms with E-state index in [1.165, 1.54) is 5.56 Å². The van der Waals surface area contributed by atoms with Gasteiger partial charge in [0.15, 0.2) is 0 Å². The maximum Gasteiger partial charge on any atom is 0.315 e. The summed E-state index contributed by atoms with van der Waals surface area (Å²) >= 11 is 0. The molecule has 1 fully saturated rings. The number of nitrogens with one attached hydrogen (secondary N) is 2. The molecular formula is C21H25N3O3. The van der Waals surface area contributed by atoms with Crippen molar-refractivity contribution in [3.8, 4) is 5.75 Å². The van der Waals surface area contributed by atoms with E-state index in [2.05, 4.69) is 10.6 Å². The Morgan fingerprint density at radius 3 is 2.59 bits per heavy atom. The number of ether oxygens (including phenoxy) is 1. The molecule has 0 bridgehead atoms. The van der Waals surface area contributed by atoms with Crippen LogP contribution in [0.4, 0.5) is 10.5 Å². The fourth-order valence-corrected chi connectivity index (χ4v) is 3.14. The predicted octanol–water partition coefficient (Wildman–Crippen LogP) is 2.73. The number of hydrogen-bond donors (Lipinski definition) is 2. The van der Waals surface area contributed by atoms with E-state index in [1.54, 1.807) is 4.90 Å². The van der Waals surface area contributed by atoms with Crippen molar-refractivity contribution in [2.75, 3.05) is 24.6 Å². The van der Waals surface area contributed by atoms with E-state index in [1.807, 2.05) is 61.5 Å². The molecule has 0 aliphatic carbocycles. The zero-order valence-corrected chi connectivity index (χ0v) is 15.5. The SMILES string of the molecule is CCOc1ccc(N2C[C@@H](NC(=O)NCCc3ccccc3)CC2=O)cc1. The summed E-state index contributed by atoms with van der Waals surface area (Å²) in [6.07, 6.45) is 1.08. The number of carbonyl (C=O) groups excluding carboxylic acids is 2. The summed E-state index contributed by atoms with van der Waals surface area (Å²) in [4.78, 5) is 26.1. The monoisotopic (exact) mass is 367 g/mol. The summed E-state index contributed by atoms with van der Waals surface area (Å²) in [7, 11) is 0. The lowest BCUT2D eigenvalue weighted by Gasteiger charge is -2.18. The van der Waals surface area contributed by atoms with Crippen molar-refractivity contribution in [2.45, 2.75) is 25.8 Å². The molecule has 142 valence electrons. The molecule has 1 aliphatic heterocycles. The average Bonchev–Trinajstić information content (AvgIpc) is 3.03. The summed E-state index contributed by atoms with van der Waals surface area (Å²) in [5.41, 5.74) is 1.99. The van der Waals surface area contributed by atoms with Gasteiger partial charge in [0.05, 0.1) is 12.6 Å². The molecule has 1 saturated heterocycles. The number of anilines is 1. The predicted molar refractivity (Wildman–Crippen MR) is 105 cm³/mol. The highest BCUT2D eigenvalue weighted by atomic mass is 16.5. The molecule has 0 radical (unpaired) electrons. The van der Waals surface area contributed by atoms with Crippen LogP contribution in [-0.4, -0.2) is 37.7 Å². The van der Waals surface area contributed by atoms with Crippen LogP contribution in [0.3, 0.4) is 0 Å². The van der Waals surface area contributed by atoms with Gasteiger partial charge in [0, 0.05) is 25.2 Å². The molecule has 3 rings (SSSR count). The number of carbonyl (C=O) groups is 2. The van der Waals surface area contributed by atoms with Crippen LogP contribution in [0.2, 0.25) is 0 Å². The van der Waals surface area contributed by atoms with E-state index in [9.17, 15) is 9.59 Å². The van der Waals surface area contributed by atoms with Crippen molar-refractivity contribution in [3.63, 3.8) is 0 Å². The molecule has 3 amide bonds. The van der Waals surface area contributed by atoms with Gasteiger partial charge in [-0.25, -0.2) is 4.79 Å². The van der Waals surface area contributed by atoms with E-state index in [4.69, 9.17) is 4.74 Å². The van der Waals surface area contributed by atoms with Crippen molar-refractivity contribution in [1.82, 2.24) is 10.6 Å². The minimum Gasteiger partial charge on any atom is -0.494 e. The smallest absolute Gasteiger partial charge is 0.315 e. The highest BCUT2D eigenvalue weighted by Gasteiger charge is 2.31. The Kier molecular flexibility index (Phi) is 6.30. The van der Waals surface area contributed by atoms with Gasteiger partial charge in [0.1, 0.15) is 5.75 Å². The van der Waals surface area contributed by atoms with Gasteiger partial charge >= 0.3 is 6.03 Å². The molecular weight excluding hydrogens is 342 g/mol. The highest BCUT2D eigenvalue weighted by molar-refractivity contribution is 5.96. The first kappa shape index (κ1) is 18.8. The van der Waals surface area contributed by atoms with Crippen molar-refractivity contribution in [2.24, 2.45) is 0 Å². The summed E-state index contributed by atoms with van der Waals surface area (Å²) in [5.74, 6) is 0.786. The number of urea groups is 1. The largest absolute Gasteiger partial charge is 0.494 e. The van der Waals surface area contributed by atoms with Crippen LogP contribution in [-0.2, 0) is 11.2 Å². The molecule has 2 N–H and O–H groups in total. The van der Waals surface area contributed by atoms with Gasteiger partial charge in [-0.1, -0.05) is 30.3 Å². The van der Waals surface area contributed by atoms with Gasteiger partial charge in [-0.15, -0.1) is 0 Å². The molecule has 2 aromatic carbocycles. The summed E-state index contributed by atoms with van der Waals surface area (Å²) < 4.78 is 5.42. The fourth-order valence-electron chi connectivity index (χ4n) is 3.14. The maximum atomic E-state index is 12.3. The number of amides is 3. The van der Waals surface area contributed by atoms with Crippen LogP contribution in [0, 0.1) is 0 Å². The molecule has 1 atom stereocenters. The van der Waals surface area contributed by atoms with Gasteiger partial charge in [0.2, 0.25) is 5.91 Å². The second-order valence-electron chi connectivity index (χ2n) is 6.47. The van der Waals surface area contributed by atoms with E-state index in [-0.39, 0.29) is 18.0 Å². The number of rotatable bonds is 7. The normalized spacial score (nSPS) is 16.3. The fraction of sp³-hybridized carbons (Fsp3) is 0.333. The summed E-state index contributed by atoms with van der Waals surface area (Å²) in [6.45, 7) is 3.56. The molecule has 6 nitrogen and oxygen atoms in total. The van der Waals surface area contributed by atoms with Crippen LogP contribution in [0.1, 0.15) is 18.9 Å². The Bertz CT molecular complexity index is 762. The third kappa shape index (κ3) is 5.23.